The molecular formula is C24H27N7O3. The number of piperazine rings is 1. The molecule has 1 aliphatic heterocycles. The number of methoxy groups -OCH3 is 2. The third-order valence-corrected chi connectivity index (χ3v) is 6.00. The van der Waals surface area contributed by atoms with Crippen LogP contribution in [0.5, 0.6) is 11.5 Å². The summed E-state index contributed by atoms with van der Waals surface area (Å²) in [5, 5.41) is 10.3. The van der Waals surface area contributed by atoms with Crippen LogP contribution in [-0.2, 0) is 4.79 Å². The summed E-state index contributed by atoms with van der Waals surface area (Å²) < 4.78 is 10.7. The number of nitriles is 1. The minimum absolute atomic E-state index is 0.0125. The molecule has 34 heavy (non-hydrogen) atoms. The van der Waals surface area contributed by atoms with Gasteiger partial charge in [0.15, 0.2) is 11.5 Å². The maximum absolute atomic E-state index is 12.8. The number of carbonyl (C=O) groups is 1. The number of benzene rings is 2. The maximum Gasteiger partial charge on any atom is 0.228 e. The summed E-state index contributed by atoms with van der Waals surface area (Å²) in [7, 11) is 2.96. The van der Waals surface area contributed by atoms with Gasteiger partial charge >= 0.3 is 0 Å². The van der Waals surface area contributed by atoms with Crippen molar-refractivity contribution in [2.75, 3.05) is 51.0 Å². The van der Waals surface area contributed by atoms with E-state index in [0.717, 1.165) is 5.56 Å². The predicted octanol–water partition coefficient (Wildman–Crippen LogP) is 1.84. The Morgan fingerprint density at radius 2 is 1.85 bits per heavy atom. The predicted molar refractivity (Wildman–Crippen MR) is 129 cm³/mol. The Bertz CT molecular complexity index is 1240. The minimum atomic E-state index is -0.341. The van der Waals surface area contributed by atoms with Gasteiger partial charge in [0.05, 0.1) is 19.7 Å². The van der Waals surface area contributed by atoms with E-state index < -0.39 is 0 Å². The molecular weight excluding hydrogens is 434 g/mol. The molecule has 1 fully saturated rings. The molecule has 10 nitrogen and oxygen atoms in total. The van der Waals surface area contributed by atoms with Gasteiger partial charge in [0.1, 0.15) is 17.5 Å². The van der Waals surface area contributed by atoms with E-state index in [1.807, 2.05) is 35.2 Å². The van der Waals surface area contributed by atoms with Gasteiger partial charge in [-0.05, 0) is 11.6 Å². The number of amides is 1. The van der Waals surface area contributed by atoms with Gasteiger partial charge in [-0.25, -0.2) is 4.98 Å². The molecule has 0 saturated carbocycles. The third-order valence-electron chi connectivity index (χ3n) is 6.00. The lowest BCUT2D eigenvalue weighted by molar-refractivity contribution is -0.131. The van der Waals surface area contributed by atoms with Gasteiger partial charge in [-0.3, -0.25) is 4.79 Å². The highest BCUT2D eigenvalue weighted by molar-refractivity contribution is 5.96. The molecule has 10 heteroatoms. The molecule has 176 valence electrons. The average Bonchev–Trinajstić information content (AvgIpc) is 2.88. The summed E-state index contributed by atoms with van der Waals surface area (Å²) in [5.74, 6) is 1.34. The number of hydrogen-bond donors (Lipinski definition) is 2. The van der Waals surface area contributed by atoms with E-state index in [2.05, 4.69) is 16.0 Å². The second-order valence-corrected chi connectivity index (χ2v) is 7.99. The number of anilines is 2. The van der Waals surface area contributed by atoms with Crippen molar-refractivity contribution in [2.24, 2.45) is 5.73 Å². The third kappa shape index (κ3) is 4.38. The van der Waals surface area contributed by atoms with Crippen molar-refractivity contribution in [1.82, 2.24) is 14.9 Å². The van der Waals surface area contributed by atoms with Crippen molar-refractivity contribution < 1.29 is 14.3 Å². The first-order valence-corrected chi connectivity index (χ1v) is 10.9. The highest BCUT2D eigenvalue weighted by Gasteiger charge is 2.26. The van der Waals surface area contributed by atoms with E-state index in [0.29, 0.717) is 54.5 Å². The van der Waals surface area contributed by atoms with E-state index in [4.69, 9.17) is 20.9 Å². The highest BCUT2D eigenvalue weighted by Crippen LogP contribution is 2.38. The van der Waals surface area contributed by atoms with Gasteiger partial charge in [0, 0.05) is 44.0 Å². The molecule has 1 atom stereocenters. The fourth-order valence-corrected chi connectivity index (χ4v) is 4.13. The Labute approximate surface area is 197 Å². The Kier molecular flexibility index (Phi) is 6.65. The number of fused-ring (bicyclic) bond motifs is 1. The maximum atomic E-state index is 12.8. The fraction of sp³-hybridized carbons (Fsp3) is 0.333. The number of carbonyl (C=O) groups excluding carboxylic acids is 1. The number of rotatable bonds is 6. The van der Waals surface area contributed by atoms with Crippen molar-refractivity contribution >= 4 is 28.6 Å². The lowest BCUT2D eigenvalue weighted by atomic mass is 10.0. The number of nitrogen functional groups attached to an aromatic ring is 1. The molecule has 2 heterocycles. The largest absolute Gasteiger partial charge is 0.493 e. The second-order valence-electron chi connectivity index (χ2n) is 7.99. The van der Waals surface area contributed by atoms with Crippen LogP contribution in [0.1, 0.15) is 23.6 Å². The Morgan fingerprint density at radius 3 is 2.47 bits per heavy atom. The zero-order valence-corrected chi connectivity index (χ0v) is 19.2. The Hall–Kier alpha value is -4.10. The molecule has 1 aliphatic rings. The van der Waals surface area contributed by atoms with Crippen LogP contribution in [0.15, 0.2) is 36.4 Å². The second kappa shape index (κ2) is 9.80. The smallest absolute Gasteiger partial charge is 0.228 e. The summed E-state index contributed by atoms with van der Waals surface area (Å²) in [6.07, 6.45) is 0.247. The van der Waals surface area contributed by atoms with Gasteiger partial charge in [0.2, 0.25) is 11.9 Å². The first kappa shape index (κ1) is 23.1. The first-order chi connectivity index (χ1) is 16.5. The molecule has 0 spiro atoms. The number of hydrogen-bond acceptors (Lipinski definition) is 9. The topological polar surface area (TPSA) is 144 Å². The molecule has 3 aromatic rings. The Balaban J connectivity index is 1.51. The van der Waals surface area contributed by atoms with Gasteiger partial charge in [0.25, 0.3) is 0 Å². The minimum Gasteiger partial charge on any atom is -0.493 e. The molecule has 1 saturated heterocycles. The van der Waals surface area contributed by atoms with Crippen molar-refractivity contribution in [3.05, 3.63) is 47.5 Å². The molecule has 1 unspecified atom stereocenters. The molecule has 0 aliphatic carbocycles. The molecule has 2 aromatic carbocycles. The highest BCUT2D eigenvalue weighted by atomic mass is 16.5. The number of ether oxygens (including phenoxy) is 2. The van der Waals surface area contributed by atoms with Crippen LogP contribution >= 0.6 is 0 Å². The van der Waals surface area contributed by atoms with Crippen LogP contribution in [0.4, 0.5) is 11.8 Å². The molecule has 4 N–H and O–H groups in total. The van der Waals surface area contributed by atoms with Crippen LogP contribution in [-0.4, -0.2) is 61.2 Å². The monoisotopic (exact) mass is 461 g/mol. The number of nitrogens with zero attached hydrogens (tertiary/aromatic N) is 5. The zero-order valence-electron chi connectivity index (χ0n) is 19.2. The van der Waals surface area contributed by atoms with Crippen molar-refractivity contribution in [3.63, 3.8) is 0 Å². The summed E-state index contributed by atoms with van der Waals surface area (Å²) in [5.41, 5.74) is 14.0. The SMILES string of the molecule is COc1cc2c(N)nc(N3CCN(C(=O)CC(N)c4ccccc4)CC3)nc2c(C#N)c1OC. The average molecular weight is 462 g/mol. The van der Waals surface area contributed by atoms with Crippen molar-refractivity contribution in [1.29, 1.82) is 5.26 Å². The summed E-state index contributed by atoms with van der Waals surface area (Å²) in [6, 6.07) is 13.1. The molecule has 4 rings (SSSR count). The van der Waals surface area contributed by atoms with E-state index in [9.17, 15) is 10.1 Å². The van der Waals surface area contributed by atoms with Crippen LogP contribution in [0.25, 0.3) is 10.9 Å². The van der Waals surface area contributed by atoms with E-state index >= 15 is 0 Å². The van der Waals surface area contributed by atoms with E-state index in [-0.39, 0.29) is 29.8 Å². The summed E-state index contributed by atoms with van der Waals surface area (Å²) >= 11 is 0. The molecule has 0 bridgehead atoms. The van der Waals surface area contributed by atoms with Crippen molar-refractivity contribution in [2.45, 2.75) is 12.5 Å². The lowest BCUT2D eigenvalue weighted by Gasteiger charge is -2.35. The van der Waals surface area contributed by atoms with Crippen LogP contribution in [0.2, 0.25) is 0 Å². The number of aromatic nitrogens is 2. The zero-order chi connectivity index (χ0) is 24.2. The van der Waals surface area contributed by atoms with Crippen molar-refractivity contribution in [3.8, 4) is 17.6 Å². The van der Waals surface area contributed by atoms with Gasteiger partial charge in [-0.2, -0.15) is 10.2 Å². The van der Waals surface area contributed by atoms with Gasteiger partial charge in [-0.15, -0.1) is 0 Å². The van der Waals surface area contributed by atoms with Gasteiger partial charge in [-0.1, -0.05) is 30.3 Å². The van der Waals surface area contributed by atoms with E-state index in [1.54, 1.807) is 11.0 Å². The summed E-state index contributed by atoms with van der Waals surface area (Å²) in [4.78, 5) is 25.6. The Morgan fingerprint density at radius 1 is 1.15 bits per heavy atom. The standard InChI is InChI=1S/C24H27N7O3/c1-33-19-12-16-21(17(14-25)22(19)34-2)28-24(29-23(16)27)31-10-8-30(9-11-31)20(32)13-18(26)15-6-4-3-5-7-15/h3-7,12,18H,8-11,13,26H2,1-2H3,(H2,27,28,29). The molecule has 1 amide bonds. The van der Waals surface area contributed by atoms with Crippen LogP contribution in [0.3, 0.4) is 0 Å². The van der Waals surface area contributed by atoms with Gasteiger partial charge < -0.3 is 30.7 Å². The number of nitrogens with two attached hydrogens (primary N) is 2. The summed E-state index contributed by atoms with van der Waals surface area (Å²) in [6.45, 7) is 2.09. The van der Waals surface area contributed by atoms with E-state index in [1.165, 1.54) is 14.2 Å². The fourth-order valence-electron chi connectivity index (χ4n) is 4.13. The quantitative estimate of drug-likeness (QED) is 0.562. The van der Waals surface area contributed by atoms with Crippen LogP contribution < -0.4 is 25.8 Å². The lowest BCUT2D eigenvalue weighted by Crippen LogP contribution is -2.49. The molecule has 0 radical (unpaired) electrons. The normalized spacial score (nSPS) is 14.5. The molecule has 1 aromatic heterocycles. The first-order valence-electron chi connectivity index (χ1n) is 10.9. The van der Waals surface area contributed by atoms with Crippen LogP contribution in [0, 0.1) is 11.3 Å².